The lowest BCUT2D eigenvalue weighted by molar-refractivity contribution is -0.119. The molecule has 0 aliphatic rings. The predicted molar refractivity (Wildman–Crippen MR) is 81.5 cm³/mol. The minimum absolute atomic E-state index is 0.203. The van der Waals surface area contributed by atoms with E-state index >= 15 is 0 Å². The summed E-state index contributed by atoms with van der Waals surface area (Å²) in [5, 5.41) is 1.80. The van der Waals surface area contributed by atoms with Crippen LogP contribution in [-0.4, -0.2) is 17.6 Å². The van der Waals surface area contributed by atoms with E-state index < -0.39 is 0 Å². The van der Waals surface area contributed by atoms with E-state index in [4.69, 9.17) is 5.73 Å². The van der Waals surface area contributed by atoms with Crippen LogP contribution >= 0.6 is 23.1 Å². The van der Waals surface area contributed by atoms with Crippen molar-refractivity contribution >= 4 is 40.6 Å². The zero-order chi connectivity index (χ0) is 14.4. The highest BCUT2D eigenvalue weighted by Gasteiger charge is 2.08. The maximum atomic E-state index is 11.6. The number of benzene rings is 1. The van der Waals surface area contributed by atoms with Crippen molar-refractivity contribution in [2.45, 2.75) is 4.90 Å². The molecule has 4 N–H and O–H groups in total. The Labute approximate surface area is 124 Å². The van der Waals surface area contributed by atoms with Crippen molar-refractivity contribution in [1.29, 1.82) is 0 Å². The Morgan fingerprint density at radius 2 is 2.05 bits per heavy atom. The Morgan fingerprint density at radius 1 is 1.20 bits per heavy atom. The largest absolute Gasteiger partial charge is 0.399 e. The van der Waals surface area contributed by atoms with Crippen molar-refractivity contribution < 1.29 is 9.59 Å². The summed E-state index contributed by atoms with van der Waals surface area (Å²) in [6.45, 7) is 0. The van der Waals surface area contributed by atoms with Gasteiger partial charge in [-0.25, -0.2) is 0 Å². The summed E-state index contributed by atoms with van der Waals surface area (Å²) in [7, 11) is 0. The first kappa shape index (κ1) is 14.4. The molecule has 0 spiro atoms. The second-order valence-corrected chi connectivity index (χ2v) is 5.84. The van der Waals surface area contributed by atoms with Crippen LogP contribution in [-0.2, 0) is 4.79 Å². The molecule has 0 aliphatic heterocycles. The summed E-state index contributed by atoms with van der Waals surface area (Å²) >= 11 is 2.66. The van der Waals surface area contributed by atoms with Gasteiger partial charge in [0.15, 0.2) is 0 Å². The van der Waals surface area contributed by atoms with E-state index in [0.717, 1.165) is 4.90 Å². The van der Waals surface area contributed by atoms with E-state index in [-0.39, 0.29) is 17.6 Å². The van der Waals surface area contributed by atoms with Gasteiger partial charge in [-0.15, -0.1) is 23.1 Å². The van der Waals surface area contributed by atoms with Crippen LogP contribution in [0.3, 0.4) is 0 Å². The quantitative estimate of drug-likeness (QED) is 0.457. The van der Waals surface area contributed by atoms with Crippen LogP contribution in [0, 0.1) is 0 Å². The van der Waals surface area contributed by atoms with E-state index in [2.05, 4.69) is 10.9 Å². The highest BCUT2D eigenvalue weighted by Crippen LogP contribution is 2.19. The molecule has 1 aromatic carbocycles. The zero-order valence-electron chi connectivity index (χ0n) is 10.5. The van der Waals surface area contributed by atoms with Crippen molar-refractivity contribution in [3.05, 3.63) is 46.7 Å². The lowest BCUT2D eigenvalue weighted by Gasteiger charge is -2.06. The third kappa shape index (κ3) is 4.29. The summed E-state index contributed by atoms with van der Waals surface area (Å²) in [6.07, 6.45) is 0. The molecule has 2 aromatic rings. The van der Waals surface area contributed by atoms with E-state index in [1.807, 2.05) is 12.1 Å². The monoisotopic (exact) mass is 307 g/mol. The molecule has 7 heteroatoms. The number of carbonyl (C=O) groups is 2. The maximum Gasteiger partial charge on any atom is 0.279 e. The van der Waals surface area contributed by atoms with Crippen molar-refractivity contribution in [3.8, 4) is 0 Å². The molecule has 0 saturated heterocycles. The molecule has 2 rings (SSSR count). The third-order valence-electron chi connectivity index (χ3n) is 2.29. The lowest BCUT2D eigenvalue weighted by atomic mass is 10.3. The minimum Gasteiger partial charge on any atom is -0.399 e. The summed E-state index contributed by atoms with van der Waals surface area (Å²) in [4.78, 5) is 24.6. The van der Waals surface area contributed by atoms with Gasteiger partial charge in [-0.1, -0.05) is 12.1 Å². The van der Waals surface area contributed by atoms with Crippen molar-refractivity contribution in [2.75, 3.05) is 11.5 Å². The first-order chi connectivity index (χ1) is 9.65. The number of thiophene rings is 1. The summed E-state index contributed by atoms with van der Waals surface area (Å²) in [6, 6.07) is 10.7. The highest BCUT2D eigenvalue weighted by atomic mass is 32.2. The van der Waals surface area contributed by atoms with E-state index in [1.54, 1.807) is 29.6 Å². The molecular weight excluding hydrogens is 294 g/mol. The number of anilines is 1. The Hall–Kier alpha value is -1.99. The van der Waals surface area contributed by atoms with E-state index in [1.165, 1.54) is 23.1 Å². The number of thioether (sulfide) groups is 1. The second kappa shape index (κ2) is 6.97. The number of nitrogen functional groups attached to an aromatic ring is 1. The highest BCUT2D eigenvalue weighted by molar-refractivity contribution is 8.00. The van der Waals surface area contributed by atoms with Crippen LogP contribution in [0.15, 0.2) is 46.7 Å². The van der Waals surface area contributed by atoms with Gasteiger partial charge in [-0.2, -0.15) is 0 Å². The first-order valence-corrected chi connectivity index (χ1v) is 7.63. The van der Waals surface area contributed by atoms with Gasteiger partial charge in [0.05, 0.1) is 10.6 Å². The number of carbonyl (C=O) groups excluding carboxylic acids is 2. The molecule has 104 valence electrons. The molecule has 0 unspecified atom stereocenters. The normalized spacial score (nSPS) is 10.0. The third-order valence-corrected chi connectivity index (χ3v) is 4.15. The molecule has 0 aliphatic carbocycles. The van der Waals surface area contributed by atoms with Gasteiger partial charge in [-0.3, -0.25) is 20.4 Å². The molecule has 2 amide bonds. The zero-order valence-corrected chi connectivity index (χ0v) is 12.1. The van der Waals surface area contributed by atoms with Crippen LogP contribution in [0.4, 0.5) is 5.69 Å². The number of hydrogen-bond acceptors (Lipinski definition) is 5. The SMILES string of the molecule is Nc1cccc(SCC(=O)NNC(=O)c2cccs2)c1. The molecular formula is C13H13N3O2S2. The second-order valence-electron chi connectivity index (χ2n) is 3.84. The number of rotatable bonds is 4. The fraction of sp³-hybridized carbons (Fsp3) is 0.0769. The Kier molecular flexibility index (Phi) is 5.03. The lowest BCUT2D eigenvalue weighted by Crippen LogP contribution is -2.42. The Morgan fingerprint density at radius 3 is 2.75 bits per heavy atom. The van der Waals surface area contributed by atoms with Crippen LogP contribution in [0.25, 0.3) is 0 Å². The first-order valence-electron chi connectivity index (χ1n) is 5.76. The topological polar surface area (TPSA) is 84.2 Å². The molecule has 0 atom stereocenters. The standard InChI is InChI=1S/C13H13N3O2S2/c14-9-3-1-4-10(7-9)20-8-12(17)15-16-13(18)11-5-2-6-19-11/h1-7H,8,14H2,(H,15,17)(H,16,18). The Balaban J connectivity index is 1.74. The molecule has 0 bridgehead atoms. The molecule has 0 radical (unpaired) electrons. The van der Waals surface area contributed by atoms with Crippen LogP contribution < -0.4 is 16.6 Å². The minimum atomic E-state index is -0.317. The molecule has 5 nitrogen and oxygen atoms in total. The van der Waals surface area contributed by atoms with E-state index in [9.17, 15) is 9.59 Å². The number of hydrazine groups is 1. The van der Waals surface area contributed by atoms with Gasteiger partial charge < -0.3 is 5.73 Å². The van der Waals surface area contributed by atoms with Crippen LogP contribution in [0.1, 0.15) is 9.67 Å². The molecule has 0 fully saturated rings. The van der Waals surface area contributed by atoms with Gasteiger partial charge in [0.2, 0.25) is 5.91 Å². The van der Waals surface area contributed by atoms with Crippen LogP contribution in [0.2, 0.25) is 0 Å². The van der Waals surface area contributed by atoms with Gasteiger partial charge in [0.25, 0.3) is 5.91 Å². The molecule has 20 heavy (non-hydrogen) atoms. The Bertz CT molecular complexity index is 599. The molecule has 0 saturated carbocycles. The van der Waals surface area contributed by atoms with Gasteiger partial charge in [-0.05, 0) is 29.6 Å². The fourth-order valence-corrected chi connectivity index (χ4v) is 2.77. The van der Waals surface area contributed by atoms with Crippen molar-refractivity contribution in [3.63, 3.8) is 0 Å². The molecule has 1 heterocycles. The summed E-state index contributed by atoms with van der Waals surface area (Å²) < 4.78 is 0. The summed E-state index contributed by atoms with van der Waals surface area (Å²) in [5.41, 5.74) is 11.0. The number of amides is 2. The van der Waals surface area contributed by atoms with Gasteiger partial charge in [0, 0.05) is 10.6 Å². The summed E-state index contributed by atoms with van der Waals surface area (Å²) in [5.74, 6) is -0.390. The number of nitrogens with two attached hydrogens (primary N) is 1. The number of hydrogen-bond donors (Lipinski definition) is 3. The van der Waals surface area contributed by atoms with Gasteiger partial charge >= 0.3 is 0 Å². The average molecular weight is 307 g/mol. The van der Waals surface area contributed by atoms with Crippen molar-refractivity contribution in [2.24, 2.45) is 0 Å². The van der Waals surface area contributed by atoms with Crippen molar-refractivity contribution in [1.82, 2.24) is 10.9 Å². The molecule has 1 aromatic heterocycles. The van der Waals surface area contributed by atoms with Crippen LogP contribution in [0.5, 0.6) is 0 Å². The average Bonchev–Trinajstić information content (AvgIpc) is 2.97. The van der Waals surface area contributed by atoms with E-state index in [0.29, 0.717) is 10.6 Å². The number of nitrogens with one attached hydrogen (secondary N) is 2. The smallest absolute Gasteiger partial charge is 0.279 e. The van der Waals surface area contributed by atoms with Gasteiger partial charge in [0.1, 0.15) is 0 Å². The fourth-order valence-electron chi connectivity index (χ4n) is 1.39. The predicted octanol–water partition coefficient (Wildman–Crippen LogP) is 1.88. The maximum absolute atomic E-state index is 11.6.